The third-order valence-corrected chi connectivity index (χ3v) is 6.04. The molecule has 178 valence electrons. The molecule has 0 saturated heterocycles. The number of aryl methyl sites for hydroxylation is 2. The Morgan fingerprint density at radius 1 is 1.09 bits per heavy atom. The summed E-state index contributed by atoms with van der Waals surface area (Å²) in [6.45, 7) is 5.64. The Morgan fingerprint density at radius 2 is 1.82 bits per heavy atom. The second kappa shape index (κ2) is 10.1. The van der Waals surface area contributed by atoms with Gasteiger partial charge in [-0.05, 0) is 50.9 Å². The summed E-state index contributed by atoms with van der Waals surface area (Å²) in [5.74, 6) is 2.05. The summed E-state index contributed by atoms with van der Waals surface area (Å²) in [7, 11) is 3.17. The molecule has 3 N–H and O–H groups in total. The minimum Gasteiger partial charge on any atom is -0.494 e. The average Bonchev–Trinajstić information content (AvgIpc) is 3.47. The molecule has 3 heterocycles. The fraction of sp³-hybridized carbons (Fsp3) is 0.318. The van der Waals surface area contributed by atoms with Crippen molar-refractivity contribution in [1.29, 1.82) is 0 Å². The van der Waals surface area contributed by atoms with E-state index in [4.69, 9.17) is 9.47 Å². The summed E-state index contributed by atoms with van der Waals surface area (Å²) < 4.78 is 16.2. The monoisotopic (exact) mass is 482 g/mol. The highest BCUT2D eigenvalue weighted by Gasteiger charge is 2.25. The van der Waals surface area contributed by atoms with Gasteiger partial charge in [0, 0.05) is 11.9 Å². The third-order valence-electron chi connectivity index (χ3n) is 5.11. The summed E-state index contributed by atoms with van der Waals surface area (Å²) in [5.41, 5.74) is 3.39. The molecule has 4 aromatic rings. The van der Waals surface area contributed by atoms with Crippen LogP contribution in [0.5, 0.6) is 11.5 Å². The molecule has 0 aliphatic rings. The number of H-pyrrole nitrogens is 1. The lowest BCUT2D eigenvalue weighted by atomic mass is 10.2. The van der Waals surface area contributed by atoms with E-state index in [0.29, 0.717) is 40.3 Å². The minimum absolute atomic E-state index is 0.280. The van der Waals surface area contributed by atoms with Crippen LogP contribution in [0, 0.1) is 13.8 Å². The normalized spacial score (nSPS) is 12.9. The maximum atomic E-state index is 10.7. The molecule has 0 fully saturated rings. The number of aromatic amines is 1. The quantitative estimate of drug-likeness (QED) is 0.305. The Hall–Kier alpha value is -3.64. The van der Waals surface area contributed by atoms with Crippen LogP contribution in [0.1, 0.15) is 30.1 Å². The number of aromatic nitrogens is 7. The minimum atomic E-state index is -0.837. The van der Waals surface area contributed by atoms with Crippen LogP contribution in [-0.2, 0) is 0 Å². The summed E-state index contributed by atoms with van der Waals surface area (Å²) >= 11 is 1.29. The molecule has 4 rings (SSSR count). The molecule has 0 amide bonds. The molecule has 2 atom stereocenters. The van der Waals surface area contributed by atoms with Crippen LogP contribution >= 0.6 is 11.9 Å². The molecule has 34 heavy (non-hydrogen) atoms. The Kier molecular flexibility index (Phi) is 6.98. The number of aliphatic hydroxyl groups is 1. The van der Waals surface area contributed by atoms with E-state index in [1.807, 2.05) is 45.0 Å². The van der Waals surface area contributed by atoms with Crippen LogP contribution in [0.3, 0.4) is 0 Å². The molecule has 11 nitrogen and oxygen atoms in total. The van der Waals surface area contributed by atoms with Crippen molar-refractivity contribution < 1.29 is 14.6 Å². The first-order valence-electron chi connectivity index (χ1n) is 10.5. The number of ether oxygens (including phenoxy) is 2. The number of methoxy groups -OCH3 is 2. The highest BCUT2D eigenvalue weighted by Crippen LogP contribution is 2.38. The van der Waals surface area contributed by atoms with Gasteiger partial charge in [0.1, 0.15) is 29.0 Å². The number of aliphatic hydroxyl groups excluding tert-OH is 1. The zero-order valence-corrected chi connectivity index (χ0v) is 20.3. The number of hydrogen-bond acceptors (Lipinski definition) is 10. The largest absolute Gasteiger partial charge is 0.494 e. The van der Waals surface area contributed by atoms with Gasteiger partial charge in [0.25, 0.3) is 0 Å². The van der Waals surface area contributed by atoms with Crippen molar-refractivity contribution in [2.45, 2.75) is 32.1 Å². The van der Waals surface area contributed by atoms with Crippen LogP contribution < -0.4 is 14.2 Å². The predicted octanol–water partition coefficient (Wildman–Crippen LogP) is 3.26. The fourth-order valence-corrected chi connectivity index (χ4v) is 4.01. The van der Waals surface area contributed by atoms with Gasteiger partial charge < -0.3 is 14.6 Å². The fourth-order valence-electron chi connectivity index (χ4n) is 3.32. The first-order chi connectivity index (χ1) is 16.4. The van der Waals surface area contributed by atoms with E-state index in [1.165, 1.54) is 11.9 Å². The summed E-state index contributed by atoms with van der Waals surface area (Å²) in [5, 5.41) is 26.5. The van der Waals surface area contributed by atoms with Gasteiger partial charge in [-0.15, -0.1) is 10.2 Å². The first-order valence-corrected chi connectivity index (χ1v) is 11.4. The molecule has 2 unspecified atom stereocenters. The lowest BCUT2D eigenvalue weighted by Gasteiger charge is -2.20. The van der Waals surface area contributed by atoms with Gasteiger partial charge in [-0.3, -0.25) is 24.4 Å². The van der Waals surface area contributed by atoms with Gasteiger partial charge in [-0.1, -0.05) is 6.07 Å². The Morgan fingerprint density at radius 3 is 2.41 bits per heavy atom. The second-order valence-corrected chi connectivity index (χ2v) is 8.77. The average molecular weight is 483 g/mol. The van der Waals surface area contributed by atoms with Crippen molar-refractivity contribution in [1.82, 2.24) is 34.9 Å². The highest BCUT2D eigenvalue weighted by atomic mass is 32.2. The summed E-state index contributed by atoms with van der Waals surface area (Å²) in [6, 6.07) is 7.38. The second-order valence-electron chi connectivity index (χ2n) is 7.58. The van der Waals surface area contributed by atoms with E-state index in [-0.39, 0.29) is 5.25 Å². The van der Waals surface area contributed by atoms with Crippen LogP contribution in [0.15, 0.2) is 36.7 Å². The Bertz CT molecular complexity index is 1240. The van der Waals surface area contributed by atoms with Crippen LogP contribution in [-0.4, -0.2) is 59.5 Å². The van der Waals surface area contributed by atoms with Gasteiger partial charge in [0.2, 0.25) is 5.95 Å². The van der Waals surface area contributed by atoms with E-state index in [9.17, 15) is 5.11 Å². The number of rotatable bonds is 9. The number of nitrogens with zero attached hydrogens (tertiary/aromatic N) is 6. The highest BCUT2D eigenvalue weighted by molar-refractivity contribution is 8.01. The molecule has 0 saturated carbocycles. The SMILES string of the molecule is COc1cccc(OC)c1-n1c(NSC(C)C(O)c2cnc(C)cn2)nnc1-c1cc(C)[nH]n1. The number of anilines is 1. The van der Waals surface area contributed by atoms with Gasteiger partial charge in [0.05, 0.1) is 37.1 Å². The van der Waals surface area contributed by atoms with Crippen molar-refractivity contribution in [2.24, 2.45) is 0 Å². The van der Waals surface area contributed by atoms with Crippen molar-refractivity contribution >= 4 is 17.9 Å². The number of benzene rings is 1. The molecule has 0 aliphatic heterocycles. The smallest absolute Gasteiger partial charge is 0.239 e. The molecular weight excluding hydrogens is 456 g/mol. The molecule has 0 aliphatic carbocycles. The van der Waals surface area contributed by atoms with E-state index >= 15 is 0 Å². The van der Waals surface area contributed by atoms with E-state index in [2.05, 4.69) is 35.1 Å². The van der Waals surface area contributed by atoms with Gasteiger partial charge in [0.15, 0.2) is 5.82 Å². The van der Waals surface area contributed by atoms with Gasteiger partial charge in [-0.2, -0.15) is 5.10 Å². The lowest BCUT2D eigenvalue weighted by molar-refractivity contribution is 0.174. The van der Waals surface area contributed by atoms with Crippen LogP contribution in [0.25, 0.3) is 17.2 Å². The molecular formula is C22H26N8O3S. The topological polar surface area (TPSA) is 136 Å². The molecule has 1 aromatic carbocycles. The van der Waals surface area contributed by atoms with Crippen molar-refractivity contribution in [3.8, 4) is 28.7 Å². The van der Waals surface area contributed by atoms with E-state index < -0.39 is 6.10 Å². The summed E-state index contributed by atoms with van der Waals surface area (Å²) in [4.78, 5) is 8.49. The van der Waals surface area contributed by atoms with Crippen molar-refractivity contribution in [2.75, 3.05) is 18.9 Å². The molecule has 0 spiro atoms. The van der Waals surface area contributed by atoms with E-state index in [0.717, 1.165) is 11.4 Å². The third kappa shape index (κ3) is 4.68. The van der Waals surface area contributed by atoms with E-state index in [1.54, 1.807) is 31.2 Å². The standard InChI is InChI=1S/C22H26N8O3S/c1-12-9-15(26-25-12)21-27-28-22(30(21)19-17(32-4)7-6-8-18(19)33-5)29-34-14(3)20(31)16-11-23-13(2)10-24-16/h6-11,14,20,31H,1-5H3,(H,25,26)(H,28,29). The molecule has 12 heteroatoms. The van der Waals surface area contributed by atoms with Gasteiger partial charge >= 0.3 is 0 Å². The predicted molar refractivity (Wildman–Crippen MR) is 129 cm³/mol. The van der Waals surface area contributed by atoms with Crippen LogP contribution in [0.4, 0.5) is 5.95 Å². The van der Waals surface area contributed by atoms with Crippen molar-refractivity contribution in [3.05, 3.63) is 53.7 Å². The van der Waals surface area contributed by atoms with Gasteiger partial charge in [-0.25, -0.2) is 0 Å². The zero-order valence-electron chi connectivity index (χ0n) is 19.5. The van der Waals surface area contributed by atoms with Crippen molar-refractivity contribution in [3.63, 3.8) is 0 Å². The zero-order chi connectivity index (χ0) is 24.2. The lowest BCUT2D eigenvalue weighted by Crippen LogP contribution is -2.16. The number of nitrogens with one attached hydrogen (secondary N) is 2. The Labute approximate surface area is 201 Å². The molecule has 0 bridgehead atoms. The maximum Gasteiger partial charge on any atom is 0.239 e. The molecule has 3 aromatic heterocycles. The first kappa shape index (κ1) is 23.5. The Balaban J connectivity index is 1.70. The van der Waals surface area contributed by atoms with Crippen LogP contribution in [0.2, 0.25) is 0 Å². The number of para-hydroxylation sites is 1. The maximum absolute atomic E-state index is 10.7. The summed E-state index contributed by atoms with van der Waals surface area (Å²) in [6.07, 6.45) is 2.37. The number of hydrogen-bond donors (Lipinski definition) is 3. The molecule has 0 radical (unpaired) electrons.